The van der Waals surface area contributed by atoms with Crippen LogP contribution >= 0.6 is 11.3 Å². The molecule has 0 fully saturated rings. The average Bonchev–Trinajstić information content (AvgIpc) is 2.81. The minimum atomic E-state index is 0.745. The van der Waals surface area contributed by atoms with E-state index in [1.54, 1.807) is 18.4 Å². The summed E-state index contributed by atoms with van der Waals surface area (Å²) >= 11 is 1.67. The second-order valence-electron chi connectivity index (χ2n) is 3.97. The van der Waals surface area contributed by atoms with Crippen molar-refractivity contribution in [3.05, 3.63) is 42.5 Å². The number of nitrogen functional groups attached to an aromatic ring is 1. The van der Waals surface area contributed by atoms with Crippen LogP contribution in [0.5, 0.6) is 5.75 Å². The van der Waals surface area contributed by atoms with E-state index in [1.165, 1.54) is 0 Å². The van der Waals surface area contributed by atoms with Gasteiger partial charge in [0.1, 0.15) is 10.8 Å². The summed E-state index contributed by atoms with van der Waals surface area (Å²) in [5.74, 6) is 0.851. The fourth-order valence-electron chi connectivity index (χ4n) is 1.80. The van der Waals surface area contributed by atoms with Crippen LogP contribution in [0.25, 0.3) is 20.8 Å². The van der Waals surface area contributed by atoms with Gasteiger partial charge in [-0.05, 0) is 42.5 Å². The zero-order chi connectivity index (χ0) is 12.5. The van der Waals surface area contributed by atoms with Gasteiger partial charge in [0.25, 0.3) is 0 Å². The third-order valence-electron chi connectivity index (χ3n) is 2.75. The minimum Gasteiger partial charge on any atom is -0.497 e. The van der Waals surface area contributed by atoms with Gasteiger partial charge in [-0.25, -0.2) is 4.98 Å². The molecule has 0 atom stereocenters. The maximum Gasteiger partial charge on any atom is 0.124 e. The van der Waals surface area contributed by atoms with Crippen molar-refractivity contribution < 1.29 is 4.74 Å². The first-order valence-corrected chi connectivity index (χ1v) is 6.38. The topological polar surface area (TPSA) is 48.1 Å². The SMILES string of the molecule is COc1ccc(-c2nc3cc(N)ccc3s2)cc1. The Kier molecular flexibility index (Phi) is 2.64. The van der Waals surface area contributed by atoms with Crippen LogP contribution in [-0.2, 0) is 0 Å². The fourth-order valence-corrected chi connectivity index (χ4v) is 2.75. The summed E-state index contributed by atoms with van der Waals surface area (Å²) in [4.78, 5) is 4.60. The molecule has 18 heavy (non-hydrogen) atoms. The van der Waals surface area contributed by atoms with Gasteiger partial charge in [0.15, 0.2) is 0 Å². The van der Waals surface area contributed by atoms with E-state index < -0.39 is 0 Å². The van der Waals surface area contributed by atoms with E-state index in [9.17, 15) is 0 Å². The predicted molar refractivity (Wildman–Crippen MR) is 76.0 cm³/mol. The molecule has 0 saturated carbocycles. The molecule has 0 saturated heterocycles. The molecule has 0 radical (unpaired) electrons. The number of hydrogen-bond acceptors (Lipinski definition) is 4. The third kappa shape index (κ3) is 1.91. The van der Waals surface area contributed by atoms with E-state index >= 15 is 0 Å². The first-order valence-electron chi connectivity index (χ1n) is 5.57. The Hall–Kier alpha value is -2.07. The summed E-state index contributed by atoms with van der Waals surface area (Å²) in [6, 6.07) is 13.7. The smallest absolute Gasteiger partial charge is 0.124 e. The van der Waals surface area contributed by atoms with Crippen LogP contribution in [0.4, 0.5) is 5.69 Å². The Balaban J connectivity index is 2.07. The highest BCUT2D eigenvalue weighted by Crippen LogP contribution is 2.31. The maximum atomic E-state index is 5.76. The molecule has 2 N–H and O–H groups in total. The molecule has 0 bridgehead atoms. The number of aromatic nitrogens is 1. The van der Waals surface area contributed by atoms with Gasteiger partial charge in [0, 0.05) is 11.3 Å². The monoisotopic (exact) mass is 256 g/mol. The van der Waals surface area contributed by atoms with Crippen LogP contribution in [0.1, 0.15) is 0 Å². The second-order valence-corrected chi connectivity index (χ2v) is 5.01. The van der Waals surface area contributed by atoms with Gasteiger partial charge < -0.3 is 10.5 Å². The Morgan fingerprint density at radius 2 is 1.89 bits per heavy atom. The minimum absolute atomic E-state index is 0.745. The number of fused-ring (bicyclic) bond motifs is 1. The van der Waals surface area contributed by atoms with E-state index in [1.807, 2.05) is 42.5 Å². The highest BCUT2D eigenvalue weighted by Gasteiger charge is 2.06. The number of rotatable bonds is 2. The zero-order valence-electron chi connectivity index (χ0n) is 9.88. The first-order chi connectivity index (χ1) is 8.76. The lowest BCUT2D eigenvalue weighted by atomic mass is 10.2. The van der Waals surface area contributed by atoms with Crippen molar-refractivity contribution in [2.24, 2.45) is 0 Å². The molecule has 0 aliphatic rings. The molecule has 2 aromatic carbocycles. The predicted octanol–water partition coefficient (Wildman–Crippen LogP) is 3.55. The van der Waals surface area contributed by atoms with Gasteiger partial charge in [0.2, 0.25) is 0 Å². The van der Waals surface area contributed by atoms with Crippen LogP contribution in [0.3, 0.4) is 0 Å². The number of thiazole rings is 1. The van der Waals surface area contributed by atoms with Crippen molar-refractivity contribution in [1.82, 2.24) is 4.98 Å². The summed E-state index contributed by atoms with van der Waals surface area (Å²) in [6.45, 7) is 0. The lowest BCUT2D eigenvalue weighted by Gasteiger charge is -1.99. The summed E-state index contributed by atoms with van der Waals surface area (Å²) in [5, 5.41) is 0.998. The van der Waals surface area contributed by atoms with Crippen LogP contribution < -0.4 is 10.5 Å². The van der Waals surface area contributed by atoms with Gasteiger partial charge in [-0.3, -0.25) is 0 Å². The molecule has 90 valence electrons. The number of methoxy groups -OCH3 is 1. The van der Waals surface area contributed by atoms with Crippen molar-refractivity contribution in [1.29, 1.82) is 0 Å². The van der Waals surface area contributed by atoms with Crippen molar-refractivity contribution >= 4 is 27.2 Å². The van der Waals surface area contributed by atoms with Crippen LogP contribution in [0.2, 0.25) is 0 Å². The summed E-state index contributed by atoms with van der Waals surface area (Å²) in [5.41, 5.74) is 8.55. The van der Waals surface area contributed by atoms with Crippen molar-refractivity contribution in [2.75, 3.05) is 12.8 Å². The van der Waals surface area contributed by atoms with Gasteiger partial charge in [-0.2, -0.15) is 0 Å². The Labute approximate surface area is 109 Å². The fraction of sp³-hybridized carbons (Fsp3) is 0.0714. The second kappa shape index (κ2) is 4.31. The normalized spacial score (nSPS) is 10.7. The number of benzene rings is 2. The molecule has 3 aromatic rings. The van der Waals surface area contributed by atoms with E-state index in [2.05, 4.69) is 4.98 Å². The standard InChI is InChI=1S/C14H12N2OS/c1-17-11-5-2-9(3-6-11)14-16-12-8-10(15)4-7-13(12)18-14/h2-8H,15H2,1H3. The van der Waals surface area contributed by atoms with E-state index in [0.29, 0.717) is 0 Å². The molecule has 0 amide bonds. The molecular formula is C14H12N2OS. The van der Waals surface area contributed by atoms with Crippen molar-refractivity contribution in [3.63, 3.8) is 0 Å². The number of nitrogens with two attached hydrogens (primary N) is 1. The van der Waals surface area contributed by atoms with Crippen molar-refractivity contribution in [3.8, 4) is 16.3 Å². The molecule has 3 nitrogen and oxygen atoms in total. The van der Waals surface area contributed by atoms with Gasteiger partial charge in [-0.1, -0.05) is 0 Å². The number of ether oxygens (including phenoxy) is 1. The molecule has 0 unspecified atom stereocenters. The van der Waals surface area contributed by atoms with E-state index in [4.69, 9.17) is 10.5 Å². The maximum absolute atomic E-state index is 5.76. The summed E-state index contributed by atoms with van der Waals surface area (Å²) < 4.78 is 6.29. The molecule has 0 aliphatic heterocycles. The number of anilines is 1. The summed E-state index contributed by atoms with van der Waals surface area (Å²) in [7, 11) is 1.66. The molecule has 4 heteroatoms. The molecule has 1 heterocycles. The van der Waals surface area contributed by atoms with Gasteiger partial charge in [-0.15, -0.1) is 11.3 Å². The van der Waals surface area contributed by atoms with Gasteiger partial charge in [0.05, 0.1) is 17.3 Å². The first kappa shape index (κ1) is 11.0. The molecule has 1 aromatic heterocycles. The molecule has 3 rings (SSSR count). The molecule has 0 spiro atoms. The van der Waals surface area contributed by atoms with Gasteiger partial charge >= 0.3 is 0 Å². The quantitative estimate of drug-likeness (QED) is 0.713. The third-order valence-corrected chi connectivity index (χ3v) is 3.83. The number of hydrogen-bond donors (Lipinski definition) is 1. The zero-order valence-corrected chi connectivity index (χ0v) is 10.7. The average molecular weight is 256 g/mol. The highest BCUT2D eigenvalue weighted by molar-refractivity contribution is 7.21. The van der Waals surface area contributed by atoms with Crippen LogP contribution in [-0.4, -0.2) is 12.1 Å². The largest absolute Gasteiger partial charge is 0.497 e. The Bertz CT molecular complexity index is 689. The lowest BCUT2D eigenvalue weighted by molar-refractivity contribution is 0.415. The molecule has 0 aliphatic carbocycles. The lowest BCUT2D eigenvalue weighted by Crippen LogP contribution is -1.83. The van der Waals surface area contributed by atoms with Crippen molar-refractivity contribution in [2.45, 2.75) is 0 Å². The van der Waals surface area contributed by atoms with Crippen LogP contribution in [0, 0.1) is 0 Å². The van der Waals surface area contributed by atoms with E-state index in [-0.39, 0.29) is 0 Å². The van der Waals surface area contributed by atoms with Crippen LogP contribution in [0.15, 0.2) is 42.5 Å². The van der Waals surface area contributed by atoms with E-state index in [0.717, 1.165) is 32.2 Å². The molecular weight excluding hydrogens is 244 g/mol. The summed E-state index contributed by atoms with van der Waals surface area (Å²) in [6.07, 6.45) is 0. The highest BCUT2D eigenvalue weighted by atomic mass is 32.1. The Morgan fingerprint density at radius 3 is 2.61 bits per heavy atom. The Morgan fingerprint density at radius 1 is 1.11 bits per heavy atom. The number of nitrogens with zero attached hydrogens (tertiary/aromatic N) is 1.